The van der Waals surface area contributed by atoms with E-state index in [-0.39, 0.29) is 11.8 Å². The highest BCUT2D eigenvalue weighted by Crippen LogP contribution is 2.35. The minimum Gasteiger partial charge on any atom is -0.392 e. The molecule has 1 aromatic rings. The number of nitrogens with zero attached hydrogens (tertiary/aromatic N) is 1. The SMILES string of the molecule is Cc1cc(C)c2c(c1)N(C(=O)C1CCCC1O)CCC2. The summed E-state index contributed by atoms with van der Waals surface area (Å²) in [5, 5.41) is 10.00. The van der Waals surface area contributed by atoms with Gasteiger partial charge in [0.25, 0.3) is 0 Å². The molecule has 1 heterocycles. The first-order chi connectivity index (χ1) is 9.58. The van der Waals surface area contributed by atoms with Crippen molar-refractivity contribution in [1.82, 2.24) is 0 Å². The van der Waals surface area contributed by atoms with E-state index in [1.54, 1.807) is 0 Å². The average Bonchev–Trinajstić information content (AvgIpc) is 2.83. The lowest BCUT2D eigenvalue weighted by Crippen LogP contribution is -2.42. The van der Waals surface area contributed by atoms with E-state index in [0.717, 1.165) is 44.3 Å². The molecule has 1 fully saturated rings. The molecule has 0 bridgehead atoms. The summed E-state index contributed by atoms with van der Waals surface area (Å²) in [5.41, 5.74) is 4.87. The van der Waals surface area contributed by atoms with Gasteiger partial charge in [-0.15, -0.1) is 0 Å². The zero-order valence-electron chi connectivity index (χ0n) is 12.4. The number of hydrogen-bond donors (Lipinski definition) is 1. The quantitative estimate of drug-likeness (QED) is 0.854. The third kappa shape index (κ3) is 2.24. The van der Waals surface area contributed by atoms with Crippen molar-refractivity contribution >= 4 is 11.6 Å². The van der Waals surface area contributed by atoms with Gasteiger partial charge >= 0.3 is 0 Å². The van der Waals surface area contributed by atoms with Crippen molar-refractivity contribution in [2.75, 3.05) is 11.4 Å². The largest absolute Gasteiger partial charge is 0.392 e. The van der Waals surface area contributed by atoms with Gasteiger partial charge in [-0.05, 0) is 68.7 Å². The number of rotatable bonds is 1. The number of aliphatic hydroxyl groups is 1. The molecule has 3 heteroatoms. The van der Waals surface area contributed by atoms with E-state index in [2.05, 4.69) is 26.0 Å². The number of amides is 1. The molecule has 1 aromatic carbocycles. The molecule has 2 atom stereocenters. The zero-order valence-corrected chi connectivity index (χ0v) is 12.4. The van der Waals surface area contributed by atoms with E-state index >= 15 is 0 Å². The Morgan fingerprint density at radius 2 is 2.05 bits per heavy atom. The summed E-state index contributed by atoms with van der Waals surface area (Å²) in [6.07, 6.45) is 4.19. The molecule has 0 aromatic heterocycles. The number of carbonyl (C=O) groups excluding carboxylic acids is 1. The van der Waals surface area contributed by atoms with Crippen LogP contribution in [0.4, 0.5) is 5.69 Å². The average molecular weight is 273 g/mol. The Morgan fingerprint density at radius 1 is 1.25 bits per heavy atom. The fraction of sp³-hybridized carbons (Fsp3) is 0.588. The van der Waals surface area contributed by atoms with Crippen LogP contribution in [-0.4, -0.2) is 23.7 Å². The second-order valence-electron chi connectivity index (χ2n) is 6.28. The summed E-state index contributed by atoms with van der Waals surface area (Å²) < 4.78 is 0. The van der Waals surface area contributed by atoms with Crippen LogP contribution in [0.15, 0.2) is 12.1 Å². The third-order valence-electron chi connectivity index (χ3n) is 4.76. The van der Waals surface area contributed by atoms with E-state index in [1.165, 1.54) is 16.7 Å². The molecule has 2 unspecified atom stereocenters. The van der Waals surface area contributed by atoms with Crippen molar-refractivity contribution in [2.45, 2.75) is 52.1 Å². The summed E-state index contributed by atoms with van der Waals surface area (Å²) in [6.45, 7) is 5.00. The molecule has 1 saturated carbocycles. The summed E-state index contributed by atoms with van der Waals surface area (Å²) in [4.78, 5) is 14.7. The van der Waals surface area contributed by atoms with E-state index in [1.807, 2.05) is 4.90 Å². The van der Waals surface area contributed by atoms with Crippen LogP contribution in [0.3, 0.4) is 0 Å². The Labute approximate surface area is 120 Å². The smallest absolute Gasteiger partial charge is 0.232 e. The van der Waals surface area contributed by atoms with Gasteiger partial charge in [-0.25, -0.2) is 0 Å². The molecule has 3 nitrogen and oxygen atoms in total. The first-order valence-electron chi connectivity index (χ1n) is 7.67. The predicted molar refractivity (Wildman–Crippen MR) is 79.9 cm³/mol. The highest BCUT2D eigenvalue weighted by atomic mass is 16.3. The maximum Gasteiger partial charge on any atom is 0.232 e. The highest BCUT2D eigenvalue weighted by molar-refractivity contribution is 5.97. The summed E-state index contributed by atoms with van der Waals surface area (Å²) >= 11 is 0. The number of anilines is 1. The van der Waals surface area contributed by atoms with Gasteiger partial charge in [0.15, 0.2) is 0 Å². The van der Waals surface area contributed by atoms with E-state index < -0.39 is 6.10 Å². The summed E-state index contributed by atoms with van der Waals surface area (Å²) in [7, 11) is 0. The molecule has 1 aliphatic heterocycles. The lowest BCUT2D eigenvalue weighted by atomic mass is 9.93. The molecule has 0 spiro atoms. The van der Waals surface area contributed by atoms with Crippen LogP contribution in [0.5, 0.6) is 0 Å². The second-order valence-corrected chi connectivity index (χ2v) is 6.28. The number of fused-ring (bicyclic) bond motifs is 1. The van der Waals surface area contributed by atoms with E-state index in [0.29, 0.717) is 0 Å². The minimum absolute atomic E-state index is 0.126. The van der Waals surface area contributed by atoms with Gasteiger partial charge < -0.3 is 10.0 Å². The Morgan fingerprint density at radius 3 is 2.75 bits per heavy atom. The van der Waals surface area contributed by atoms with Gasteiger partial charge in [0.05, 0.1) is 12.0 Å². The molecule has 2 aliphatic rings. The van der Waals surface area contributed by atoms with Crippen LogP contribution in [0.1, 0.15) is 42.4 Å². The molecular weight excluding hydrogens is 250 g/mol. The van der Waals surface area contributed by atoms with E-state index in [9.17, 15) is 9.90 Å². The lowest BCUT2D eigenvalue weighted by Gasteiger charge is -2.33. The first-order valence-corrected chi connectivity index (χ1v) is 7.67. The Bertz CT molecular complexity index is 538. The topological polar surface area (TPSA) is 40.5 Å². The third-order valence-corrected chi connectivity index (χ3v) is 4.76. The fourth-order valence-corrected chi connectivity index (χ4v) is 3.73. The standard InChI is InChI=1S/C17H23NO2/c1-11-9-12(2)13-6-4-8-18(15(13)10-11)17(20)14-5-3-7-16(14)19/h9-10,14,16,19H,3-8H2,1-2H3. The maximum absolute atomic E-state index is 12.8. The number of hydrogen-bond acceptors (Lipinski definition) is 2. The Kier molecular flexibility index (Phi) is 3.55. The maximum atomic E-state index is 12.8. The van der Waals surface area contributed by atoms with Gasteiger partial charge in [-0.1, -0.05) is 6.07 Å². The molecule has 0 radical (unpaired) electrons. The molecule has 1 aliphatic carbocycles. The highest BCUT2D eigenvalue weighted by Gasteiger charge is 2.36. The molecular formula is C17H23NO2. The monoisotopic (exact) mass is 273 g/mol. The molecule has 0 saturated heterocycles. The van der Waals surface area contributed by atoms with Crippen LogP contribution in [-0.2, 0) is 11.2 Å². The summed E-state index contributed by atoms with van der Waals surface area (Å²) in [5.74, 6) is -0.0669. The fourth-order valence-electron chi connectivity index (χ4n) is 3.73. The van der Waals surface area contributed by atoms with Crippen molar-refractivity contribution in [2.24, 2.45) is 5.92 Å². The van der Waals surface area contributed by atoms with Crippen LogP contribution in [0.2, 0.25) is 0 Å². The van der Waals surface area contributed by atoms with Gasteiger partial charge in [-0.3, -0.25) is 4.79 Å². The Balaban J connectivity index is 1.95. The van der Waals surface area contributed by atoms with Crippen molar-refractivity contribution in [3.63, 3.8) is 0 Å². The second kappa shape index (κ2) is 5.21. The minimum atomic E-state index is -0.446. The van der Waals surface area contributed by atoms with Crippen LogP contribution in [0, 0.1) is 19.8 Å². The molecule has 108 valence electrons. The molecule has 20 heavy (non-hydrogen) atoms. The predicted octanol–water partition coefficient (Wildman–Crippen LogP) is 2.74. The number of benzene rings is 1. The molecule has 3 rings (SSSR count). The number of aliphatic hydroxyl groups excluding tert-OH is 1. The Hall–Kier alpha value is -1.35. The van der Waals surface area contributed by atoms with Crippen molar-refractivity contribution in [3.8, 4) is 0 Å². The van der Waals surface area contributed by atoms with Crippen molar-refractivity contribution in [3.05, 3.63) is 28.8 Å². The summed E-state index contributed by atoms with van der Waals surface area (Å²) in [6, 6.07) is 4.32. The van der Waals surface area contributed by atoms with Gasteiger partial charge in [0, 0.05) is 12.2 Å². The zero-order chi connectivity index (χ0) is 14.3. The van der Waals surface area contributed by atoms with Crippen LogP contribution in [0.25, 0.3) is 0 Å². The molecule has 1 amide bonds. The molecule has 1 N–H and O–H groups in total. The lowest BCUT2D eigenvalue weighted by molar-refractivity contribution is -0.124. The van der Waals surface area contributed by atoms with Crippen LogP contribution < -0.4 is 4.90 Å². The van der Waals surface area contributed by atoms with Crippen molar-refractivity contribution < 1.29 is 9.90 Å². The van der Waals surface area contributed by atoms with Gasteiger partial charge in [-0.2, -0.15) is 0 Å². The first kappa shape index (κ1) is 13.6. The number of aryl methyl sites for hydroxylation is 2. The van der Waals surface area contributed by atoms with Crippen molar-refractivity contribution in [1.29, 1.82) is 0 Å². The van der Waals surface area contributed by atoms with Gasteiger partial charge in [0.1, 0.15) is 0 Å². The number of carbonyl (C=O) groups is 1. The normalized spacial score (nSPS) is 25.6. The van der Waals surface area contributed by atoms with Gasteiger partial charge in [0.2, 0.25) is 5.91 Å². The van der Waals surface area contributed by atoms with Crippen LogP contribution >= 0.6 is 0 Å². The van der Waals surface area contributed by atoms with E-state index in [4.69, 9.17) is 0 Å².